The van der Waals surface area contributed by atoms with Gasteiger partial charge in [0.1, 0.15) is 0 Å². The molecule has 2 atom stereocenters. The van der Waals surface area contributed by atoms with Crippen molar-refractivity contribution in [1.82, 2.24) is 4.90 Å². The van der Waals surface area contributed by atoms with E-state index < -0.39 is 6.17 Å². The van der Waals surface area contributed by atoms with E-state index in [1.165, 1.54) is 26.4 Å². The fraction of sp³-hybridized carbons (Fsp3) is 0.889. The van der Waals surface area contributed by atoms with Crippen molar-refractivity contribution in [1.29, 1.82) is 0 Å². The van der Waals surface area contributed by atoms with Crippen LogP contribution in [0.15, 0.2) is 0 Å². The number of nitrogens with zero attached hydrogens (tertiary/aromatic N) is 1. The van der Waals surface area contributed by atoms with Gasteiger partial charge in [0.2, 0.25) is 0 Å². The second-order valence-corrected chi connectivity index (χ2v) is 7.67. The van der Waals surface area contributed by atoms with Crippen molar-refractivity contribution in [2.45, 2.75) is 64.0 Å². The Morgan fingerprint density at radius 2 is 1.87 bits per heavy atom. The SMILES string of the molecule is COC(=O)[C@@H]1CC12CCN(C(=O)[C@@H](F)CC1CCCCC1)CC2. The first-order valence-corrected chi connectivity index (χ1v) is 9.06. The lowest BCUT2D eigenvalue weighted by atomic mass is 9.85. The Labute approximate surface area is 137 Å². The molecule has 1 amide bonds. The summed E-state index contributed by atoms with van der Waals surface area (Å²) in [5, 5.41) is 0. The number of alkyl halides is 1. The largest absolute Gasteiger partial charge is 0.469 e. The highest BCUT2D eigenvalue weighted by molar-refractivity contribution is 5.81. The smallest absolute Gasteiger partial charge is 0.309 e. The van der Waals surface area contributed by atoms with Crippen LogP contribution in [0.5, 0.6) is 0 Å². The number of halogens is 1. The van der Waals surface area contributed by atoms with E-state index in [4.69, 9.17) is 4.74 Å². The molecule has 3 fully saturated rings. The predicted octanol–water partition coefficient (Wildman–Crippen LogP) is 3.10. The molecule has 130 valence electrons. The van der Waals surface area contributed by atoms with E-state index in [-0.39, 0.29) is 23.2 Å². The number of carbonyl (C=O) groups is 2. The number of piperidine rings is 1. The van der Waals surface area contributed by atoms with Gasteiger partial charge in [0.05, 0.1) is 13.0 Å². The first-order chi connectivity index (χ1) is 11.1. The molecule has 1 spiro atoms. The van der Waals surface area contributed by atoms with E-state index in [2.05, 4.69) is 0 Å². The Morgan fingerprint density at radius 3 is 2.48 bits per heavy atom. The monoisotopic (exact) mass is 325 g/mol. The van der Waals surface area contributed by atoms with E-state index in [1.807, 2.05) is 0 Å². The molecule has 1 heterocycles. The zero-order valence-corrected chi connectivity index (χ0v) is 14.1. The first kappa shape index (κ1) is 16.7. The van der Waals surface area contributed by atoms with E-state index in [0.29, 0.717) is 25.4 Å². The molecule has 0 aromatic rings. The number of likely N-dealkylation sites (tertiary alicyclic amines) is 1. The van der Waals surface area contributed by atoms with E-state index in [9.17, 15) is 14.0 Å². The van der Waals surface area contributed by atoms with Gasteiger partial charge in [-0.15, -0.1) is 0 Å². The highest BCUT2D eigenvalue weighted by Gasteiger charge is 2.59. The molecular weight excluding hydrogens is 297 g/mol. The van der Waals surface area contributed by atoms with Crippen molar-refractivity contribution in [3.63, 3.8) is 0 Å². The molecule has 1 saturated heterocycles. The van der Waals surface area contributed by atoms with Gasteiger partial charge in [-0.25, -0.2) is 4.39 Å². The van der Waals surface area contributed by atoms with Crippen molar-refractivity contribution in [3.05, 3.63) is 0 Å². The summed E-state index contributed by atoms with van der Waals surface area (Å²) in [5.41, 5.74) is 0.0268. The number of amides is 1. The number of hydrogen-bond donors (Lipinski definition) is 0. The van der Waals surface area contributed by atoms with Gasteiger partial charge in [-0.2, -0.15) is 0 Å². The van der Waals surface area contributed by atoms with Crippen LogP contribution in [-0.2, 0) is 14.3 Å². The quantitative estimate of drug-likeness (QED) is 0.746. The second kappa shape index (κ2) is 6.78. The van der Waals surface area contributed by atoms with Crippen LogP contribution in [0.25, 0.3) is 0 Å². The molecule has 0 unspecified atom stereocenters. The standard InChI is InChI=1S/C18H28FNO3/c1-23-17(22)14-12-18(14)7-9-20(10-8-18)16(21)15(19)11-13-5-3-2-4-6-13/h13-15H,2-12H2,1H3/t14-,15-/m0/s1. The Hall–Kier alpha value is -1.13. The number of hydrogen-bond acceptors (Lipinski definition) is 3. The molecule has 3 aliphatic rings. The third kappa shape index (κ3) is 3.53. The zero-order chi connectivity index (χ0) is 16.4. The topological polar surface area (TPSA) is 46.6 Å². The third-order valence-electron chi connectivity index (χ3n) is 6.28. The van der Waals surface area contributed by atoms with Gasteiger partial charge in [0, 0.05) is 13.1 Å². The minimum absolute atomic E-state index is 0.00633. The maximum atomic E-state index is 14.4. The summed E-state index contributed by atoms with van der Waals surface area (Å²) in [7, 11) is 1.42. The fourth-order valence-corrected chi connectivity index (χ4v) is 4.56. The Morgan fingerprint density at radius 1 is 1.22 bits per heavy atom. The second-order valence-electron chi connectivity index (χ2n) is 7.67. The number of esters is 1. The molecule has 0 N–H and O–H groups in total. The van der Waals surface area contributed by atoms with Crippen molar-refractivity contribution in [2.24, 2.45) is 17.3 Å². The molecule has 2 saturated carbocycles. The van der Waals surface area contributed by atoms with Crippen LogP contribution in [-0.4, -0.2) is 43.1 Å². The number of carbonyl (C=O) groups excluding carboxylic acids is 2. The molecule has 0 bridgehead atoms. The van der Waals surface area contributed by atoms with Gasteiger partial charge in [-0.3, -0.25) is 9.59 Å². The van der Waals surface area contributed by atoms with Gasteiger partial charge in [0.25, 0.3) is 5.91 Å². The molecule has 2 aliphatic carbocycles. The van der Waals surface area contributed by atoms with Crippen molar-refractivity contribution in [2.75, 3.05) is 20.2 Å². The molecule has 0 radical (unpaired) electrons. The van der Waals surface area contributed by atoms with Crippen LogP contribution in [0.4, 0.5) is 4.39 Å². The summed E-state index contributed by atoms with van der Waals surface area (Å²) < 4.78 is 19.2. The van der Waals surface area contributed by atoms with E-state index in [1.54, 1.807) is 4.90 Å². The number of methoxy groups -OCH3 is 1. The molecule has 3 rings (SSSR count). The highest BCUT2D eigenvalue weighted by atomic mass is 19.1. The Balaban J connectivity index is 1.46. The van der Waals surface area contributed by atoms with Gasteiger partial charge >= 0.3 is 5.97 Å². The summed E-state index contributed by atoms with van der Waals surface area (Å²) in [5.74, 6) is -0.0923. The summed E-state index contributed by atoms with van der Waals surface area (Å²) in [4.78, 5) is 25.6. The zero-order valence-electron chi connectivity index (χ0n) is 14.1. The number of rotatable bonds is 4. The third-order valence-corrected chi connectivity index (χ3v) is 6.28. The van der Waals surface area contributed by atoms with Crippen LogP contribution in [0.2, 0.25) is 0 Å². The number of ether oxygens (including phenoxy) is 1. The average molecular weight is 325 g/mol. The van der Waals surface area contributed by atoms with E-state index in [0.717, 1.165) is 32.1 Å². The van der Waals surface area contributed by atoms with Crippen molar-refractivity contribution < 1.29 is 18.7 Å². The molecule has 1 aliphatic heterocycles. The minimum atomic E-state index is -1.34. The highest BCUT2D eigenvalue weighted by Crippen LogP contribution is 2.59. The van der Waals surface area contributed by atoms with Crippen LogP contribution < -0.4 is 0 Å². The summed E-state index contributed by atoms with van der Waals surface area (Å²) in [6.07, 6.45) is 7.24. The summed E-state index contributed by atoms with van der Waals surface area (Å²) in [6, 6.07) is 0. The lowest BCUT2D eigenvalue weighted by Gasteiger charge is -2.34. The van der Waals surface area contributed by atoms with Gasteiger partial charge in [-0.05, 0) is 37.0 Å². The van der Waals surface area contributed by atoms with Gasteiger partial charge in [0.15, 0.2) is 6.17 Å². The molecule has 0 aromatic heterocycles. The van der Waals surface area contributed by atoms with Crippen molar-refractivity contribution in [3.8, 4) is 0 Å². The predicted molar refractivity (Wildman–Crippen MR) is 84.5 cm³/mol. The van der Waals surface area contributed by atoms with Crippen LogP contribution in [0.3, 0.4) is 0 Å². The first-order valence-electron chi connectivity index (χ1n) is 9.06. The summed E-state index contributed by atoms with van der Waals surface area (Å²) in [6.45, 7) is 1.16. The fourth-order valence-electron chi connectivity index (χ4n) is 4.56. The normalized spacial score (nSPS) is 28.4. The van der Waals surface area contributed by atoms with Crippen LogP contribution in [0, 0.1) is 17.3 Å². The van der Waals surface area contributed by atoms with E-state index >= 15 is 0 Å². The van der Waals surface area contributed by atoms with Crippen LogP contribution in [0.1, 0.15) is 57.8 Å². The molecule has 5 heteroatoms. The Bertz CT molecular complexity index is 453. The summed E-state index contributed by atoms with van der Waals surface area (Å²) >= 11 is 0. The maximum absolute atomic E-state index is 14.4. The maximum Gasteiger partial charge on any atom is 0.309 e. The lowest BCUT2D eigenvalue weighted by molar-refractivity contribution is -0.143. The van der Waals surface area contributed by atoms with Crippen LogP contribution >= 0.6 is 0 Å². The Kier molecular flexibility index (Phi) is 4.93. The lowest BCUT2D eigenvalue weighted by Crippen LogP contribution is -2.44. The minimum Gasteiger partial charge on any atom is -0.469 e. The average Bonchev–Trinajstić information content (AvgIpc) is 3.28. The molecular formula is C18H28FNO3. The van der Waals surface area contributed by atoms with Gasteiger partial charge < -0.3 is 9.64 Å². The molecule has 23 heavy (non-hydrogen) atoms. The molecule has 4 nitrogen and oxygen atoms in total. The van der Waals surface area contributed by atoms with Gasteiger partial charge in [-0.1, -0.05) is 32.1 Å². The van der Waals surface area contributed by atoms with Crippen molar-refractivity contribution >= 4 is 11.9 Å². The molecule has 0 aromatic carbocycles.